The minimum Gasteiger partial charge on any atom is -0.300 e. The Morgan fingerprint density at radius 2 is 1.93 bits per heavy atom. The lowest BCUT2D eigenvalue weighted by Gasteiger charge is -2.25. The fourth-order valence-electron chi connectivity index (χ4n) is 2.97. The Labute approximate surface area is 179 Å². The maximum Gasteiger partial charge on any atom is 0.243 e. The predicted octanol–water partition coefficient (Wildman–Crippen LogP) is 3.56. The maximum atomic E-state index is 12.7. The molecule has 7 nitrogen and oxygen atoms in total. The summed E-state index contributed by atoms with van der Waals surface area (Å²) in [5.74, 6) is 0.595. The second kappa shape index (κ2) is 10.3. The molecule has 1 aliphatic heterocycles. The standard InChI is InChI=1S/C19H24N4O3S3/c1-2-14-27-19-22-21-18(28-19)20-17(24)11-8-15-6-9-16(10-7-15)29(25,26)23-12-4-3-5-13-23/h2,6-7,9-10H,1,3-5,8,11-14H2,(H,20,21,24). The monoisotopic (exact) mass is 452 g/mol. The summed E-state index contributed by atoms with van der Waals surface area (Å²) < 4.78 is 27.7. The molecular weight excluding hydrogens is 428 g/mol. The summed E-state index contributed by atoms with van der Waals surface area (Å²) in [5, 5.41) is 11.2. The molecule has 1 saturated heterocycles. The van der Waals surface area contributed by atoms with Crippen LogP contribution in [0.1, 0.15) is 31.2 Å². The Morgan fingerprint density at radius 1 is 1.21 bits per heavy atom. The predicted molar refractivity (Wildman–Crippen MR) is 117 cm³/mol. The number of amides is 1. The van der Waals surface area contributed by atoms with E-state index < -0.39 is 10.0 Å². The van der Waals surface area contributed by atoms with E-state index in [1.807, 2.05) is 0 Å². The van der Waals surface area contributed by atoms with Crippen molar-refractivity contribution in [3.05, 3.63) is 42.5 Å². The number of aryl methyl sites for hydroxylation is 1. The summed E-state index contributed by atoms with van der Waals surface area (Å²) >= 11 is 2.85. The smallest absolute Gasteiger partial charge is 0.243 e. The Balaban J connectivity index is 1.51. The first-order valence-corrected chi connectivity index (χ1v) is 12.7. The zero-order valence-corrected chi connectivity index (χ0v) is 18.5. The van der Waals surface area contributed by atoms with Crippen LogP contribution in [0.2, 0.25) is 0 Å². The van der Waals surface area contributed by atoms with Gasteiger partial charge in [0.2, 0.25) is 21.1 Å². The van der Waals surface area contributed by atoms with Gasteiger partial charge < -0.3 is 5.32 Å². The number of nitrogens with zero attached hydrogens (tertiary/aromatic N) is 3. The van der Waals surface area contributed by atoms with Crippen molar-refractivity contribution in [2.24, 2.45) is 0 Å². The molecule has 1 aromatic carbocycles. The van der Waals surface area contributed by atoms with E-state index in [1.165, 1.54) is 23.1 Å². The average Bonchev–Trinajstić information content (AvgIpc) is 3.19. The van der Waals surface area contributed by atoms with Gasteiger partial charge in [0.25, 0.3) is 0 Å². The van der Waals surface area contributed by atoms with Gasteiger partial charge in [-0.2, -0.15) is 4.31 Å². The minimum absolute atomic E-state index is 0.147. The Hall–Kier alpha value is -1.75. The Kier molecular flexibility index (Phi) is 7.82. The van der Waals surface area contributed by atoms with Crippen molar-refractivity contribution < 1.29 is 13.2 Å². The van der Waals surface area contributed by atoms with Crippen molar-refractivity contribution in [3.63, 3.8) is 0 Å². The molecule has 1 N–H and O–H groups in total. The van der Waals surface area contributed by atoms with Crippen molar-refractivity contribution in [1.82, 2.24) is 14.5 Å². The van der Waals surface area contributed by atoms with E-state index >= 15 is 0 Å². The van der Waals surface area contributed by atoms with Crippen molar-refractivity contribution in [1.29, 1.82) is 0 Å². The van der Waals surface area contributed by atoms with Crippen LogP contribution in [0.4, 0.5) is 5.13 Å². The molecule has 1 amide bonds. The first-order chi connectivity index (χ1) is 14.0. The molecular formula is C19H24N4O3S3. The largest absolute Gasteiger partial charge is 0.300 e. The van der Waals surface area contributed by atoms with Crippen LogP contribution in [0.3, 0.4) is 0 Å². The highest BCUT2D eigenvalue weighted by Crippen LogP contribution is 2.25. The van der Waals surface area contributed by atoms with E-state index in [9.17, 15) is 13.2 Å². The van der Waals surface area contributed by atoms with Crippen LogP contribution in [0.5, 0.6) is 0 Å². The average molecular weight is 453 g/mol. The van der Waals surface area contributed by atoms with Crippen LogP contribution in [-0.2, 0) is 21.2 Å². The molecule has 1 aliphatic rings. The lowest BCUT2D eigenvalue weighted by atomic mass is 10.1. The molecule has 0 atom stereocenters. The summed E-state index contributed by atoms with van der Waals surface area (Å²) in [7, 11) is -3.42. The Morgan fingerprint density at radius 3 is 2.62 bits per heavy atom. The lowest BCUT2D eigenvalue weighted by Crippen LogP contribution is -2.35. The second-order valence-corrected chi connectivity index (χ2v) is 10.8. The van der Waals surface area contributed by atoms with Gasteiger partial charge in [-0.3, -0.25) is 4.79 Å². The minimum atomic E-state index is -3.42. The number of hydrogen-bond acceptors (Lipinski definition) is 7. The lowest BCUT2D eigenvalue weighted by molar-refractivity contribution is -0.116. The van der Waals surface area contributed by atoms with E-state index in [-0.39, 0.29) is 12.3 Å². The normalized spacial score (nSPS) is 15.2. The molecule has 0 spiro atoms. The number of nitrogens with one attached hydrogen (secondary N) is 1. The molecule has 3 rings (SSSR count). The SMILES string of the molecule is C=CCSc1nnc(NC(=O)CCc2ccc(S(=O)(=O)N3CCCCC3)cc2)s1. The summed E-state index contributed by atoms with van der Waals surface area (Å²) in [6, 6.07) is 6.81. The highest BCUT2D eigenvalue weighted by molar-refractivity contribution is 8.01. The van der Waals surface area contributed by atoms with Crippen LogP contribution in [0, 0.1) is 0 Å². The third-order valence-corrected chi connectivity index (χ3v) is 8.38. The Bertz CT molecular complexity index is 936. The second-order valence-electron chi connectivity index (χ2n) is 6.63. The summed E-state index contributed by atoms with van der Waals surface area (Å²) in [6.07, 6.45) is 5.50. The molecule has 2 heterocycles. The zero-order valence-electron chi connectivity index (χ0n) is 16.0. The van der Waals surface area contributed by atoms with Crippen LogP contribution in [-0.4, -0.2) is 47.7 Å². The van der Waals surface area contributed by atoms with Gasteiger partial charge in [0.05, 0.1) is 4.90 Å². The number of aromatic nitrogens is 2. The van der Waals surface area contributed by atoms with Gasteiger partial charge in [-0.05, 0) is 37.0 Å². The van der Waals surface area contributed by atoms with Crippen molar-refractivity contribution in [2.75, 3.05) is 24.2 Å². The molecule has 0 unspecified atom stereocenters. The van der Waals surface area contributed by atoms with E-state index in [2.05, 4.69) is 22.1 Å². The third kappa shape index (κ3) is 6.11. The number of anilines is 1. The highest BCUT2D eigenvalue weighted by Gasteiger charge is 2.25. The van der Waals surface area contributed by atoms with Gasteiger partial charge in [-0.25, -0.2) is 8.42 Å². The number of rotatable bonds is 9. The summed E-state index contributed by atoms with van der Waals surface area (Å²) in [4.78, 5) is 12.5. The molecule has 10 heteroatoms. The fourth-order valence-corrected chi connectivity index (χ4v) is 6.02. The van der Waals surface area contributed by atoms with Crippen LogP contribution >= 0.6 is 23.1 Å². The van der Waals surface area contributed by atoms with E-state index in [1.54, 1.807) is 34.6 Å². The molecule has 0 bridgehead atoms. The van der Waals surface area contributed by atoms with Gasteiger partial charge >= 0.3 is 0 Å². The quantitative estimate of drug-likeness (QED) is 0.355. The number of thioether (sulfide) groups is 1. The van der Waals surface area contributed by atoms with Gasteiger partial charge in [0.1, 0.15) is 0 Å². The van der Waals surface area contributed by atoms with Crippen LogP contribution < -0.4 is 5.32 Å². The first-order valence-electron chi connectivity index (χ1n) is 9.45. The van der Waals surface area contributed by atoms with Crippen molar-refractivity contribution in [3.8, 4) is 0 Å². The molecule has 29 heavy (non-hydrogen) atoms. The highest BCUT2D eigenvalue weighted by atomic mass is 32.2. The van der Waals surface area contributed by atoms with E-state index in [0.29, 0.717) is 29.5 Å². The number of sulfonamides is 1. The fraction of sp³-hybridized carbons (Fsp3) is 0.421. The van der Waals surface area contributed by atoms with Crippen LogP contribution in [0.25, 0.3) is 0 Å². The van der Waals surface area contributed by atoms with Crippen LogP contribution in [0.15, 0.2) is 46.2 Å². The summed E-state index contributed by atoms with van der Waals surface area (Å²) in [6.45, 7) is 4.83. The molecule has 0 saturated carbocycles. The first kappa shape index (κ1) is 21.9. The zero-order chi connectivity index (χ0) is 20.7. The van der Waals surface area contributed by atoms with E-state index in [4.69, 9.17) is 0 Å². The third-order valence-electron chi connectivity index (χ3n) is 4.49. The molecule has 1 aromatic heterocycles. The van der Waals surface area contributed by atoms with Gasteiger partial charge in [0, 0.05) is 25.3 Å². The molecule has 1 fully saturated rings. The number of piperidine rings is 1. The molecule has 2 aromatic rings. The topological polar surface area (TPSA) is 92.3 Å². The molecule has 0 radical (unpaired) electrons. The van der Waals surface area contributed by atoms with Crippen molar-refractivity contribution >= 4 is 44.2 Å². The van der Waals surface area contributed by atoms with Gasteiger partial charge in [-0.1, -0.05) is 47.7 Å². The molecule has 0 aliphatic carbocycles. The van der Waals surface area contributed by atoms with Gasteiger partial charge in [0.15, 0.2) is 4.34 Å². The number of hydrogen-bond donors (Lipinski definition) is 1. The maximum absolute atomic E-state index is 12.7. The number of carbonyl (C=O) groups excluding carboxylic acids is 1. The van der Waals surface area contributed by atoms with E-state index in [0.717, 1.165) is 34.9 Å². The summed E-state index contributed by atoms with van der Waals surface area (Å²) in [5.41, 5.74) is 0.914. The number of carbonyl (C=O) groups is 1. The van der Waals surface area contributed by atoms with Gasteiger partial charge in [-0.15, -0.1) is 16.8 Å². The molecule has 156 valence electrons. The number of benzene rings is 1. The van der Waals surface area contributed by atoms with Crippen molar-refractivity contribution in [2.45, 2.75) is 41.3 Å².